The summed E-state index contributed by atoms with van der Waals surface area (Å²) in [7, 11) is 1.68. The third-order valence-electron chi connectivity index (χ3n) is 6.37. The number of para-hydroxylation sites is 2. The maximum absolute atomic E-state index is 13.1. The van der Waals surface area contributed by atoms with Gasteiger partial charge in [0.15, 0.2) is 0 Å². The van der Waals surface area contributed by atoms with Crippen molar-refractivity contribution in [2.75, 3.05) is 38.2 Å². The zero-order chi connectivity index (χ0) is 25.5. The van der Waals surface area contributed by atoms with Gasteiger partial charge in [-0.2, -0.15) is 0 Å². The van der Waals surface area contributed by atoms with E-state index in [1.165, 1.54) is 12.1 Å². The number of thiophene rings is 1. The van der Waals surface area contributed by atoms with Gasteiger partial charge >= 0.3 is 11.8 Å². The van der Waals surface area contributed by atoms with Gasteiger partial charge in [-0.05, 0) is 48.2 Å². The van der Waals surface area contributed by atoms with Crippen molar-refractivity contribution in [3.05, 3.63) is 82.3 Å². The number of carbonyl (C=O) groups excluding carboxylic acids is 2. The first-order chi connectivity index (χ1) is 17.5. The number of hydrogen-bond acceptors (Lipinski definition) is 6. The van der Waals surface area contributed by atoms with E-state index in [-0.39, 0.29) is 24.4 Å². The van der Waals surface area contributed by atoms with Crippen molar-refractivity contribution >= 4 is 28.8 Å². The first kappa shape index (κ1) is 25.7. The number of halogens is 1. The number of piperazine rings is 1. The molecule has 2 amide bonds. The van der Waals surface area contributed by atoms with Gasteiger partial charge in [0.05, 0.1) is 18.8 Å². The summed E-state index contributed by atoms with van der Waals surface area (Å²) in [5.74, 6) is -0.885. The van der Waals surface area contributed by atoms with Crippen LogP contribution in [-0.4, -0.2) is 56.0 Å². The predicted molar refractivity (Wildman–Crippen MR) is 140 cm³/mol. The number of rotatable bonds is 8. The van der Waals surface area contributed by atoms with E-state index in [0.717, 1.165) is 48.1 Å². The van der Waals surface area contributed by atoms with E-state index in [2.05, 4.69) is 32.6 Å². The molecule has 0 radical (unpaired) electrons. The van der Waals surface area contributed by atoms with Crippen LogP contribution in [0.1, 0.15) is 23.4 Å². The van der Waals surface area contributed by atoms with E-state index in [9.17, 15) is 14.0 Å². The number of anilines is 1. The smallest absolute Gasteiger partial charge is 0.309 e. The molecule has 2 heterocycles. The van der Waals surface area contributed by atoms with Gasteiger partial charge in [0.2, 0.25) is 0 Å². The molecule has 1 fully saturated rings. The van der Waals surface area contributed by atoms with Crippen LogP contribution in [-0.2, 0) is 16.1 Å². The van der Waals surface area contributed by atoms with Crippen molar-refractivity contribution in [3.8, 4) is 5.75 Å². The van der Waals surface area contributed by atoms with Crippen LogP contribution in [0.15, 0.2) is 66.0 Å². The fraction of sp³-hybridized carbons (Fsp3) is 0.333. The summed E-state index contributed by atoms with van der Waals surface area (Å²) in [6, 6.07) is 17.5. The van der Waals surface area contributed by atoms with Gasteiger partial charge in [0, 0.05) is 43.6 Å². The van der Waals surface area contributed by atoms with Crippen LogP contribution >= 0.6 is 11.3 Å². The van der Waals surface area contributed by atoms with Gasteiger partial charge in [0.25, 0.3) is 0 Å². The minimum atomic E-state index is -0.711. The monoisotopic (exact) mass is 510 g/mol. The quantitative estimate of drug-likeness (QED) is 0.453. The van der Waals surface area contributed by atoms with Crippen LogP contribution < -0.4 is 20.3 Å². The topological polar surface area (TPSA) is 73.9 Å². The average molecular weight is 511 g/mol. The molecule has 1 saturated heterocycles. The molecule has 0 unspecified atom stereocenters. The lowest BCUT2D eigenvalue weighted by Crippen LogP contribution is -2.53. The van der Waals surface area contributed by atoms with Crippen LogP contribution in [0.25, 0.3) is 0 Å². The zero-order valence-corrected chi connectivity index (χ0v) is 21.3. The number of hydrogen-bond donors (Lipinski definition) is 2. The highest BCUT2D eigenvalue weighted by atomic mass is 32.1. The molecule has 0 aliphatic carbocycles. The zero-order valence-electron chi connectivity index (χ0n) is 20.4. The fourth-order valence-corrected chi connectivity index (χ4v) is 5.51. The van der Waals surface area contributed by atoms with Crippen LogP contribution in [0, 0.1) is 5.82 Å². The second-order valence-corrected chi connectivity index (χ2v) is 9.71. The Morgan fingerprint density at radius 2 is 1.72 bits per heavy atom. The molecule has 3 aromatic rings. The lowest BCUT2D eigenvalue weighted by atomic mass is 10.0. The summed E-state index contributed by atoms with van der Waals surface area (Å²) in [5.41, 5.74) is 1.79. The Balaban J connectivity index is 1.38. The summed E-state index contributed by atoms with van der Waals surface area (Å²) in [6.45, 7) is 5.33. The summed E-state index contributed by atoms with van der Waals surface area (Å²) < 4.78 is 18.6. The van der Waals surface area contributed by atoms with Crippen molar-refractivity contribution in [2.24, 2.45) is 0 Å². The summed E-state index contributed by atoms with van der Waals surface area (Å²) in [6.07, 6.45) is 0. The SMILES string of the molecule is COc1ccccc1N1CCN([C@@H](c2cccs2)[C@H](C)NC(=O)C(=O)NCc2ccc(F)cc2)CC1. The summed E-state index contributed by atoms with van der Waals surface area (Å²) in [5, 5.41) is 7.53. The van der Waals surface area contributed by atoms with Crippen molar-refractivity contribution in [1.82, 2.24) is 15.5 Å². The predicted octanol–water partition coefficient (Wildman–Crippen LogP) is 3.58. The molecule has 1 aliphatic heterocycles. The third kappa shape index (κ3) is 6.22. The van der Waals surface area contributed by atoms with E-state index >= 15 is 0 Å². The van der Waals surface area contributed by atoms with Crippen molar-refractivity contribution in [1.29, 1.82) is 0 Å². The van der Waals surface area contributed by atoms with E-state index in [1.807, 2.05) is 36.6 Å². The molecule has 2 N–H and O–H groups in total. The molecule has 1 aliphatic rings. The Labute approximate surface area is 214 Å². The molecule has 1 aromatic heterocycles. The highest BCUT2D eigenvalue weighted by molar-refractivity contribution is 7.10. The number of amides is 2. The molecule has 0 spiro atoms. The largest absolute Gasteiger partial charge is 0.495 e. The molecule has 4 rings (SSSR count). The molecule has 2 aromatic carbocycles. The maximum atomic E-state index is 13.1. The fourth-order valence-electron chi connectivity index (χ4n) is 4.55. The van der Waals surface area contributed by atoms with E-state index in [4.69, 9.17) is 4.74 Å². The van der Waals surface area contributed by atoms with E-state index < -0.39 is 11.8 Å². The number of benzene rings is 2. The maximum Gasteiger partial charge on any atom is 0.309 e. The molecular weight excluding hydrogens is 479 g/mol. The Kier molecular flexibility index (Phi) is 8.56. The van der Waals surface area contributed by atoms with Crippen LogP contribution in [0.3, 0.4) is 0 Å². The number of methoxy groups -OCH3 is 1. The van der Waals surface area contributed by atoms with Crippen LogP contribution in [0.2, 0.25) is 0 Å². The van der Waals surface area contributed by atoms with Gasteiger partial charge in [-0.15, -0.1) is 11.3 Å². The third-order valence-corrected chi connectivity index (χ3v) is 7.32. The molecule has 7 nitrogen and oxygen atoms in total. The molecule has 2 atom stereocenters. The Hall–Kier alpha value is -3.43. The Morgan fingerprint density at radius 1 is 1.00 bits per heavy atom. The molecular formula is C27H31FN4O3S. The minimum absolute atomic E-state index is 0.0568. The average Bonchev–Trinajstić information content (AvgIpc) is 3.43. The van der Waals surface area contributed by atoms with Crippen LogP contribution in [0.5, 0.6) is 5.75 Å². The highest BCUT2D eigenvalue weighted by Crippen LogP contribution is 2.32. The Bertz CT molecular complexity index is 1150. The normalized spacial score (nSPS) is 15.7. The number of nitrogens with one attached hydrogen (secondary N) is 2. The van der Waals surface area contributed by atoms with Gasteiger partial charge in [0.1, 0.15) is 11.6 Å². The molecule has 36 heavy (non-hydrogen) atoms. The lowest BCUT2D eigenvalue weighted by Gasteiger charge is -2.42. The van der Waals surface area contributed by atoms with Gasteiger partial charge in [-0.1, -0.05) is 30.3 Å². The van der Waals surface area contributed by atoms with Crippen LogP contribution in [0.4, 0.5) is 10.1 Å². The van der Waals surface area contributed by atoms with Crippen molar-refractivity contribution < 1.29 is 18.7 Å². The second kappa shape index (κ2) is 12.0. The molecule has 0 saturated carbocycles. The molecule has 0 bridgehead atoms. The highest BCUT2D eigenvalue weighted by Gasteiger charge is 2.32. The van der Waals surface area contributed by atoms with Gasteiger partial charge in [-0.3, -0.25) is 14.5 Å². The second-order valence-electron chi connectivity index (χ2n) is 8.73. The van der Waals surface area contributed by atoms with Crippen molar-refractivity contribution in [2.45, 2.75) is 25.6 Å². The lowest BCUT2D eigenvalue weighted by molar-refractivity contribution is -0.140. The number of carbonyl (C=O) groups is 2. The van der Waals surface area contributed by atoms with Crippen molar-refractivity contribution in [3.63, 3.8) is 0 Å². The van der Waals surface area contributed by atoms with E-state index in [0.29, 0.717) is 0 Å². The Morgan fingerprint density at radius 3 is 2.39 bits per heavy atom. The van der Waals surface area contributed by atoms with Gasteiger partial charge < -0.3 is 20.3 Å². The number of nitrogens with zero attached hydrogens (tertiary/aromatic N) is 2. The number of ether oxygens (including phenoxy) is 1. The van der Waals surface area contributed by atoms with E-state index in [1.54, 1.807) is 30.6 Å². The molecule has 190 valence electrons. The standard InChI is InChI=1S/C27H31FN4O3S/c1-19(30-27(34)26(33)29-18-20-9-11-21(28)12-10-20)25(24-8-5-17-36-24)32-15-13-31(14-16-32)22-6-3-4-7-23(22)35-2/h3-12,17,19,25H,13-16,18H2,1-2H3,(H,29,33)(H,30,34)/t19-,25+/m0/s1. The first-order valence-corrected chi connectivity index (χ1v) is 12.8. The first-order valence-electron chi connectivity index (χ1n) is 11.9. The van der Waals surface area contributed by atoms with Gasteiger partial charge in [-0.25, -0.2) is 4.39 Å². The summed E-state index contributed by atoms with van der Waals surface area (Å²) in [4.78, 5) is 30.9. The summed E-state index contributed by atoms with van der Waals surface area (Å²) >= 11 is 1.64. The molecule has 9 heteroatoms. The minimum Gasteiger partial charge on any atom is -0.495 e.